The molecule has 0 saturated carbocycles. The van der Waals surface area contributed by atoms with Crippen LogP contribution in [0.1, 0.15) is 17.4 Å². The van der Waals surface area contributed by atoms with E-state index in [1.165, 1.54) is 17.4 Å². The Morgan fingerprint density at radius 1 is 1.50 bits per heavy atom. The molecule has 18 heavy (non-hydrogen) atoms. The van der Waals surface area contributed by atoms with Gasteiger partial charge in [0.1, 0.15) is 0 Å². The van der Waals surface area contributed by atoms with Gasteiger partial charge in [0.2, 0.25) is 0 Å². The number of hydrogen-bond donors (Lipinski definition) is 3. The molecule has 6 nitrogen and oxygen atoms in total. The van der Waals surface area contributed by atoms with Crippen molar-refractivity contribution in [2.75, 3.05) is 6.54 Å². The minimum absolute atomic E-state index is 0.131. The van der Waals surface area contributed by atoms with Crippen LogP contribution in [0.3, 0.4) is 0 Å². The van der Waals surface area contributed by atoms with Gasteiger partial charge in [0.15, 0.2) is 0 Å². The molecule has 1 heterocycles. The summed E-state index contributed by atoms with van der Waals surface area (Å²) < 4.78 is 27.4. The average molecular weight is 290 g/mol. The van der Waals surface area contributed by atoms with Gasteiger partial charge in [-0.15, -0.1) is 11.3 Å². The molecular formula is C10H14N2O4S2. The van der Waals surface area contributed by atoms with Gasteiger partial charge in [0.25, 0.3) is 10.2 Å². The van der Waals surface area contributed by atoms with E-state index in [1.807, 2.05) is 0 Å². The number of carboxylic acid groups (broad SMARTS) is 1. The summed E-state index contributed by atoms with van der Waals surface area (Å²) in [5.74, 6) is -1.04. The number of carbonyl (C=O) groups is 1. The van der Waals surface area contributed by atoms with Crippen molar-refractivity contribution in [2.24, 2.45) is 0 Å². The minimum atomic E-state index is -3.49. The third-order valence-electron chi connectivity index (χ3n) is 1.94. The van der Waals surface area contributed by atoms with Crippen LogP contribution in [0.5, 0.6) is 0 Å². The maximum Gasteiger partial charge on any atom is 0.328 e. The molecule has 0 aliphatic rings. The van der Waals surface area contributed by atoms with E-state index < -0.39 is 16.2 Å². The monoisotopic (exact) mass is 290 g/mol. The molecular weight excluding hydrogens is 276 g/mol. The van der Waals surface area contributed by atoms with Gasteiger partial charge in [-0.1, -0.05) is 6.92 Å². The first-order valence-corrected chi connectivity index (χ1v) is 7.52. The van der Waals surface area contributed by atoms with E-state index in [2.05, 4.69) is 9.44 Å². The highest BCUT2D eigenvalue weighted by Gasteiger charge is 2.09. The van der Waals surface area contributed by atoms with Crippen LogP contribution in [0.25, 0.3) is 6.08 Å². The Kier molecular flexibility index (Phi) is 5.48. The van der Waals surface area contributed by atoms with Crippen LogP contribution in [-0.4, -0.2) is 26.0 Å². The third kappa shape index (κ3) is 4.96. The van der Waals surface area contributed by atoms with Crippen molar-refractivity contribution in [3.63, 3.8) is 0 Å². The molecule has 0 aliphatic carbocycles. The number of carboxylic acids is 1. The van der Waals surface area contributed by atoms with Crippen LogP contribution < -0.4 is 9.44 Å². The molecule has 0 aromatic carbocycles. The normalized spacial score (nSPS) is 12.1. The van der Waals surface area contributed by atoms with Crippen molar-refractivity contribution in [1.29, 1.82) is 0 Å². The lowest BCUT2D eigenvalue weighted by Gasteiger charge is -2.05. The van der Waals surface area contributed by atoms with E-state index in [1.54, 1.807) is 18.4 Å². The Hall–Kier alpha value is -1.22. The van der Waals surface area contributed by atoms with E-state index in [-0.39, 0.29) is 6.54 Å². The van der Waals surface area contributed by atoms with Gasteiger partial charge in [-0.05, 0) is 23.1 Å². The lowest BCUT2D eigenvalue weighted by molar-refractivity contribution is -0.131. The SMILES string of the molecule is CCNS(=O)(=O)NCc1sccc1/C=C/C(=O)O. The predicted octanol–water partition coefficient (Wildman–Crippen LogP) is 0.790. The first kappa shape index (κ1) is 14.8. The van der Waals surface area contributed by atoms with Crippen LogP contribution in [-0.2, 0) is 21.5 Å². The highest BCUT2D eigenvalue weighted by atomic mass is 32.2. The molecule has 0 atom stereocenters. The smallest absolute Gasteiger partial charge is 0.328 e. The van der Waals surface area contributed by atoms with Crippen LogP contribution in [0.15, 0.2) is 17.5 Å². The van der Waals surface area contributed by atoms with Gasteiger partial charge < -0.3 is 5.11 Å². The zero-order chi connectivity index (χ0) is 13.6. The predicted molar refractivity (Wildman–Crippen MR) is 70.4 cm³/mol. The van der Waals surface area contributed by atoms with Crippen LogP contribution in [0.4, 0.5) is 0 Å². The highest BCUT2D eigenvalue weighted by Crippen LogP contribution is 2.18. The first-order chi connectivity index (χ1) is 8.44. The van der Waals surface area contributed by atoms with Crippen LogP contribution in [0, 0.1) is 0 Å². The van der Waals surface area contributed by atoms with Gasteiger partial charge in [-0.2, -0.15) is 13.1 Å². The maximum absolute atomic E-state index is 11.4. The van der Waals surface area contributed by atoms with Gasteiger partial charge in [-0.3, -0.25) is 0 Å². The second kappa shape index (κ2) is 6.64. The zero-order valence-corrected chi connectivity index (χ0v) is 11.3. The van der Waals surface area contributed by atoms with Crippen molar-refractivity contribution in [2.45, 2.75) is 13.5 Å². The van der Waals surface area contributed by atoms with Crippen molar-refractivity contribution in [1.82, 2.24) is 9.44 Å². The van der Waals surface area contributed by atoms with E-state index in [9.17, 15) is 13.2 Å². The summed E-state index contributed by atoms with van der Waals surface area (Å²) in [5.41, 5.74) is 0.696. The van der Waals surface area contributed by atoms with Gasteiger partial charge in [0, 0.05) is 24.0 Å². The Balaban J connectivity index is 2.69. The van der Waals surface area contributed by atoms with Gasteiger partial charge in [-0.25, -0.2) is 9.52 Å². The fraction of sp³-hybridized carbons (Fsp3) is 0.300. The number of rotatable bonds is 7. The molecule has 1 aromatic rings. The molecule has 0 amide bonds. The summed E-state index contributed by atoms with van der Waals surface area (Å²) in [5, 5.41) is 10.3. The number of hydrogen-bond acceptors (Lipinski definition) is 4. The van der Waals surface area contributed by atoms with Crippen molar-refractivity contribution in [3.8, 4) is 0 Å². The summed E-state index contributed by atoms with van der Waals surface area (Å²) in [6.45, 7) is 2.13. The molecule has 3 N–H and O–H groups in total. The first-order valence-electron chi connectivity index (χ1n) is 5.16. The van der Waals surface area contributed by atoms with Gasteiger partial charge in [0.05, 0.1) is 0 Å². The van der Waals surface area contributed by atoms with Crippen LogP contribution in [0.2, 0.25) is 0 Å². The number of nitrogens with one attached hydrogen (secondary N) is 2. The minimum Gasteiger partial charge on any atom is -0.478 e. The summed E-state index contributed by atoms with van der Waals surface area (Å²) in [7, 11) is -3.49. The van der Waals surface area contributed by atoms with E-state index in [4.69, 9.17) is 5.11 Å². The van der Waals surface area contributed by atoms with Crippen molar-refractivity contribution < 1.29 is 18.3 Å². The standard InChI is InChI=1S/C10H14N2O4S2/c1-2-11-18(15,16)12-7-9-8(5-6-17-9)3-4-10(13)14/h3-6,11-12H,2,7H2,1H3,(H,13,14)/b4-3+. The van der Waals surface area contributed by atoms with Crippen molar-refractivity contribution in [3.05, 3.63) is 28.0 Å². The number of thiophene rings is 1. The highest BCUT2D eigenvalue weighted by molar-refractivity contribution is 7.87. The van der Waals surface area contributed by atoms with Crippen LogP contribution >= 0.6 is 11.3 Å². The van der Waals surface area contributed by atoms with E-state index >= 15 is 0 Å². The second-order valence-corrected chi connectivity index (χ2v) is 5.88. The van der Waals surface area contributed by atoms with E-state index in [0.29, 0.717) is 12.1 Å². The third-order valence-corrected chi connectivity index (χ3v) is 4.07. The summed E-state index contributed by atoms with van der Waals surface area (Å²) >= 11 is 1.36. The number of aliphatic carboxylic acids is 1. The maximum atomic E-state index is 11.4. The molecule has 0 saturated heterocycles. The fourth-order valence-corrected chi connectivity index (χ4v) is 2.92. The molecule has 1 rings (SSSR count). The summed E-state index contributed by atoms with van der Waals surface area (Å²) in [6.07, 6.45) is 2.46. The molecule has 0 aliphatic heterocycles. The average Bonchev–Trinajstić information content (AvgIpc) is 2.71. The quantitative estimate of drug-likeness (QED) is 0.647. The second-order valence-electron chi connectivity index (χ2n) is 3.29. The Morgan fingerprint density at radius 2 is 2.22 bits per heavy atom. The summed E-state index contributed by atoms with van der Waals surface area (Å²) in [4.78, 5) is 11.2. The molecule has 0 fully saturated rings. The molecule has 0 bridgehead atoms. The largest absolute Gasteiger partial charge is 0.478 e. The van der Waals surface area contributed by atoms with E-state index in [0.717, 1.165) is 11.0 Å². The lowest BCUT2D eigenvalue weighted by atomic mass is 10.2. The molecule has 1 aromatic heterocycles. The Bertz CT molecular complexity index is 534. The molecule has 0 radical (unpaired) electrons. The lowest BCUT2D eigenvalue weighted by Crippen LogP contribution is -2.35. The van der Waals surface area contributed by atoms with Gasteiger partial charge >= 0.3 is 5.97 Å². The summed E-state index contributed by atoms with van der Waals surface area (Å²) in [6, 6.07) is 1.74. The zero-order valence-electron chi connectivity index (χ0n) is 9.71. The Morgan fingerprint density at radius 3 is 2.83 bits per heavy atom. The topological polar surface area (TPSA) is 95.5 Å². The molecule has 0 spiro atoms. The van der Waals surface area contributed by atoms with Crippen molar-refractivity contribution >= 4 is 33.6 Å². The Labute approximate surface area is 110 Å². The molecule has 100 valence electrons. The molecule has 0 unspecified atom stereocenters. The molecule has 8 heteroatoms. The fourth-order valence-electron chi connectivity index (χ4n) is 1.21.